The third-order valence-corrected chi connectivity index (χ3v) is 4.93. The lowest BCUT2D eigenvalue weighted by molar-refractivity contribution is 0.0197. The van der Waals surface area contributed by atoms with Crippen molar-refractivity contribution < 1.29 is 9.53 Å². The van der Waals surface area contributed by atoms with Gasteiger partial charge in [-0.3, -0.25) is 14.6 Å². The Balaban J connectivity index is 1.90. The average Bonchev–Trinajstić information content (AvgIpc) is 2.86. The molecule has 1 fully saturated rings. The standard InChI is InChI=1S/C20H29N5O2/c1-13-16(14(2)24(6)23-13)18-17(21-9-10-22-18)15-8-7-11-25(12-15)19(26)27-20(3,4)5/h9-10,15H,7-8,11-12H2,1-6H3/t15-/m0/s1. The van der Waals surface area contributed by atoms with Gasteiger partial charge in [-0.1, -0.05) is 0 Å². The second kappa shape index (κ2) is 7.29. The van der Waals surface area contributed by atoms with E-state index in [0.717, 1.165) is 41.2 Å². The minimum absolute atomic E-state index is 0.133. The van der Waals surface area contributed by atoms with Gasteiger partial charge < -0.3 is 9.64 Å². The molecule has 7 heteroatoms. The molecule has 2 aromatic rings. The van der Waals surface area contributed by atoms with Gasteiger partial charge in [0.25, 0.3) is 0 Å². The molecule has 146 valence electrons. The minimum Gasteiger partial charge on any atom is -0.444 e. The van der Waals surface area contributed by atoms with Crippen LogP contribution in [0.25, 0.3) is 11.3 Å². The molecule has 0 aromatic carbocycles. The number of hydrogen-bond acceptors (Lipinski definition) is 5. The zero-order chi connectivity index (χ0) is 19.8. The molecule has 1 saturated heterocycles. The summed E-state index contributed by atoms with van der Waals surface area (Å²) in [5.41, 5.74) is 4.35. The van der Waals surface area contributed by atoms with Crippen LogP contribution in [0.1, 0.15) is 56.6 Å². The van der Waals surface area contributed by atoms with Crippen LogP contribution in [0.15, 0.2) is 12.4 Å². The number of piperidine rings is 1. The van der Waals surface area contributed by atoms with Crippen LogP contribution in [0, 0.1) is 13.8 Å². The van der Waals surface area contributed by atoms with Gasteiger partial charge in [-0.05, 0) is 47.5 Å². The van der Waals surface area contributed by atoms with E-state index >= 15 is 0 Å². The average molecular weight is 371 g/mol. The summed E-state index contributed by atoms with van der Waals surface area (Å²) in [5.74, 6) is 0.133. The molecule has 0 radical (unpaired) electrons. The van der Waals surface area contributed by atoms with Crippen LogP contribution in [0.4, 0.5) is 4.79 Å². The zero-order valence-corrected chi connectivity index (χ0v) is 17.1. The number of carbonyl (C=O) groups is 1. The van der Waals surface area contributed by atoms with E-state index in [-0.39, 0.29) is 12.0 Å². The fraction of sp³-hybridized carbons (Fsp3) is 0.600. The van der Waals surface area contributed by atoms with Gasteiger partial charge in [0, 0.05) is 49.7 Å². The van der Waals surface area contributed by atoms with Crippen molar-refractivity contribution in [3.05, 3.63) is 29.5 Å². The highest BCUT2D eigenvalue weighted by atomic mass is 16.6. The molecule has 0 aliphatic carbocycles. The van der Waals surface area contributed by atoms with E-state index in [1.54, 1.807) is 17.3 Å². The molecular formula is C20H29N5O2. The summed E-state index contributed by atoms with van der Waals surface area (Å²) < 4.78 is 7.43. The zero-order valence-electron chi connectivity index (χ0n) is 17.1. The van der Waals surface area contributed by atoms with Crippen molar-refractivity contribution in [1.82, 2.24) is 24.6 Å². The molecule has 3 heterocycles. The highest BCUT2D eigenvalue weighted by Gasteiger charge is 2.31. The highest BCUT2D eigenvalue weighted by Crippen LogP contribution is 2.34. The normalized spacial score (nSPS) is 17.9. The molecular weight excluding hydrogens is 342 g/mol. The van der Waals surface area contributed by atoms with Crippen LogP contribution in [0.3, 0.4) is 0 Å². The maximum absolute atomic E-state index is 12.5. The van der Waals surface area contributed by atoms with E-state index < -0.39 is 5.60 Å². The summed E-state index contributed by atoms with van der Waals surface area (Å²) in [6, 6.07) is 0. The van der Waals surface area contributed by atoms with E-state index in [4.69, 9.17) is 4.74 Å². The van der Waals surface area contributed by atoms with Gasteiger partial charge in [-0.15, -0.1) is 0 Å². The van der Waals surface area contributed by atoms with E-state index in [0.29, 0.717) is 13.1 Å². The fourth-order valence-electron chi connectivity index (χ4n) is 3.65. The Morgan fingerprint density at radius 1 is 1.22 bits per heavy atom. The molecule has 0 saturated carbocycles. The molecule has 7 nitrogen and oxygen atoms in total. The first-order chi connectivity index (χ1) is 12.7. The summed E-state index contributed by atoms with van der Waals surface area (Å²) >= 11 is 0. The monoisotopic (exact) mass is 371 g/mol. The molecule has 27 heavy (non-hydrogen) atoms. The van der Waals surface area contributed by atoms with Crippen molar-refractivity contribution in [3.63, 3.8) is 0 Å². The van der Waals surface area contributed by atoms with Crippen molar-refractivity contribution in [2.45, 2.75) is 59.0 Å². The van der Waals surface area contributed by atoms with Crippen LogP contribution in [0.5, 0.6) is 0 Å². The summed E-state index contributed by atoms with van der Waals surface area (Å²) in [4.78, 5) is 23.6. The predicted octanol–water partition coefficient (Wildman–Crippen LogP) is 3.61. The van der Waals surface area contributed by atoms with Crippen LogP contribution < -0.4 is 0 Å². The third-order valence-electron chi connectivity index (χ3n) is 4.93. The van der Waals surface area contributed by atoms with Gasteiger partial charge in [-0.2, -0.15) is 5.10 Å². The number of ether oxygens (including phenoxy) is 1. The molecule has 0 spiro atoms. The molecule has 3 rings (SSSR count). The molecule has 0 unspecified atom stereocenters. The van der Waals surface area contributed by atoms with Gasteiger partial charge in [0.15, 0.2) is 0 Å². The quantitative estimate of drug-likeness (QED) is 0.806. The van der Waals surface area contributed by atoms with Crippen molar-refractivity contribution in [2.24, 2.45) is 7.05 Å². The summed E-state index contributed by atoms with van der Waals surface area (Å²) in [5, 5.41) is 4.52. The Hall–Kier alpha value is -2.44. The molecule has 0 N–H and O–H groups in total. The van der Waals surface area contributed by atoms with Crippen molar-refractivity contribution in [3.8, 4) is 11.3 Å². The Morgan fingerprint density at radius 3 is 2.56 bits per heavy atom. The Bertz CT molecular complexity index is 837. The molecule has 0 bridgehead atoms. The Labute approximate surface area is 160 Å². The van der Waals surface area contributed by atoms with Crippen LogP contribution in [-0.4, -0.2) is 49.4 Å². The number of rotatable bonds is 2. The van der Waals surface area contributed by atoms with Gasteiger partial charge in [0.1, 0.15) is 5.60 Å². The first-order valence-electron chi connectivity index (χ1n) is 9.46. The largest absolute Gasteiger partial charge is 0.444 e. The van der Waals surface area contributed by atoms with Gasteiger partial charge >= 0.3 is 6.09 Å². The number of aryl methyl sites for hydroxylation is 2. The SMILES string of the molecule is Cc1nn(C)c(C)c1-c1nccnc1[C@H]1CCCN(C(=O)OC(C)(C)C)C1. The summed E-state index contributed by atoms with van der Waals surface area (Å²) in [6.07, 6.45) is 5.09. The van der Waals surface area contributed by atoms with E-state index in [1.807, 2.05) is 46.3 Å². The van der Waals surface area contributed by atoms with E-state index in [9.17, 15) is 4.79 Å². The number of hydrogen-bond donors (Lipinski definition) is 0. The number of amides is 1. The van der Waals surface area contributed by atoms with Gasteiger partial charge in [0.2, 0.25) is 0 Å². The summed E-state index contributed by atoms with van der Waals surface area (Å²) in [6.45, 7) is 11.0. The fourth-order valence-corrected chi connectivity index (χ4v) is 3.65. The first kappa shape index (κ1) is 19.3. The number of aromatic nitrogens is 4. The maximum atomic E-state index is 12.5. The van der Waals surface area contributed by atoms with E-state index in [1.165, 1.54) is 0 Å². The lowest BCUT2D eigenvalue weighted by Crippen LogP contribution is -2.42. The molecule has 2 aromatic heterocycles. The van der Waals surface area contributed by atoms with Crippen molar-refractivity contribution >= 4 is 6.09 Å². The molecule has 1 amide bonds. The van der Waals surface area contributed by atoms with Crippen LogP contribution in [-0.2, 0) is 11.8 Å². The van der Waals surface area contributed by atoms with Crippen LogP contribution >= 0.6 is 0 Å². The molecule has 1 aliphatic rings. The summed E-state index contributed by atoms with van der Waals surface area (Å²) in [7, 11) is 1.94. The molecule has 1 atom stereocenters. The minimum atomic E-state index is -0.494. The van der Waals surface area contributed by atoms with Crippen LogP contribution in [0.2, 0.25) is 0 Å². The van der Waals surface area contributed by atoms with Gasteiger partial charge in [0.05, 0.1) is 17.1 Å². The Kier molecular flexibility index (Phi) is 5.22. The first-order valence-corrected chi connectivity index (χ1v) is 9.46. The third kappa shape index (κ3) is 4.12. The van der Waals surface area contributed by atoms with E-state index in [2.05, 4.69) is 15.1 Å². The highest BCUT2D eigenvalue weighted by molar-refractivity contribution is 5.69. The van der Waals surface area contributed by atoms with Gasteiger partial charge in [-0.25, -0.2) is 4.79 Å². The lowest BCUT2D eigenvalue weighted by Gasteiger charge is -2.34. The second-order valence-electron chi connectivity index (χ2n) is 8.23. The topological polar surface area (TPSA) is 73.1 Å². The number of carbonyl (C=O) groups excluding carboxylic acids is 1. The number of nitrogens with zero attached hydrogens (tertiary/aromatic N) is 5. The molecule has 1 aliphatic heterocycles. The van der Waals surface area contributed by atoms with Crippen molar-refractivity contribution in [1.29, 1.82) is 0 Å². The lowest BCUT2D eigenvalue weighted by atomic mass is 9.91. The Morgan fingerprint density at radius 2 is 1.93 bits per heavy atom. The predicted molar refractivity (Wildman–Crippen MR) is 103 cm³/mol. The van der Waals surface area contributed by atoms with Crippen molar-refractivity contribution in [2.75, 3.05) is 13.1 Å². The number of likely N-dealkylation sites (tertiary alicyclic amines) is 1. The maximum Gasteiger partial charge on any atom is 0.410 e. The second-order valence-corrected chi connectivity index (χ2v) is 8.23. The smallest absolute Gasteiger partial charge is 0.410 e.